The van der Waals surface area contributed by atoms with Gasteiger partial charge < -0.3 is 5.32 Å². The zero-order chi connectivity index (χ0) is 11.7. The Morgan fingerprint density at radius 3 is 2.71 bits per heavy atom. The van der Waals surface area contributed by atoms with Gasteiger partial charge in [0.2, 0.25) is 5.82 Å². The molecular weight excluding hydrogens is 214 g/mol. The average molecular weight is 229 g/mol. The van der Waals surface area contributed by atoms with Crippen molar-refractivity contribution < 1.29 is 0 Å². The number of rotatable bonds is 2. The Labute approximate surface area is 99.8 Å². The SMILES string of the molecule is Cn1nnc(-c2ccc(C3CCCN3)cc2)n1. The van der Waals surface area contributed by atoms with E-state index >= 15 is 0 Å². The predicted octanol–water partition coefficient (Wildman–Crippen LogP) is 1.30. The maximum atomic E-state index is 4.19. The van der Waals surface area contributed by atoms with Gasteiger partial charge in [-0.2, -0.15) is 4.80 Å². The Morgan fingerprint density at radius 1 is 1.29 bits per heavy atom. The highest BCUT2D eigenvalue weighted by Crippen LogP contribution is 2.24. The highest BCUT2D eigenvalue weighted by molar-refractivity contribution is 5.54. The number of hydrogen-bond acceptors (Lipinski definition) is 4. The average Bonchev–Trinajstić information content (AvgIpc) is 3.00. The molecule has 0 spiro atoms. The Kier molecular flexibility index (Phi) is 2.60. The molecule has 5 nitrogen and oxygen atoms in total. The van der Waals surface area contributed by atoms with Gasteiger partial charge in [-0.3, -0.25) is 0 Å². The Balaban J connectivity index is 1.84. The predicted molar refractivity (Wildman–Crippen MR) is 64.2 cm³/mol. The molecule has 1 aliphatic rings. The van der Waals surface area contributed by atoms with Crippen LogP contribution in [0.1, 0.15) is 24.4 Å². The first-order valence-corrected chi connectivity index (χ1v) is 5.90. The standard InChI is InChI=1S/C12H15N5/c1-17-15-12(14-16-17)10-6-4-9(5-7-10)11-3-2-8-13-11/h4-7,11,13H,2-3,8H2,1H3. The molecule has 1 N–H and O–H groups in total. The molecule has 5 heteroatoms. The first kappa shape index (κ1) is 10.4. The fourth-order valence-electron chi connectivity index (χ4n) is 2.23. The van der Waals surface area contributed by atoms with E-state index in [9.17, 15) is 0 Å². The molecular formula is C12H15N5. The molecule has 2 aromatic rings. The first-order chi connectivity index (χ1) is 8.33. The molecule has 0 saturated carbocycles. The second-order valence-corrected chi connectivity index (χ2v) is 4.37. The monoisotopic (exact) mass is 229 g/mol. The normalized spacial score (nSPS) is 19.7. The Morgan fingerprint density at radius 2 is 2.12 bits per heavy atom. The zero-order valence-electron chi connectivity index (χ0n) is 9.80. The summed E-state index contributed by atoms with van der Waals surface area (Å²) in [6.45, 7) is 1.12. The van der Waals surface area contributed by atoms with Crippen LogP contribution < -0.4 is 5.32 Å². The third kappa shape index (κ3) is 2.06. The molecule has 17 heavy (non-hydrogen) atoms. The van der Waals surface area contributed by atoms with Crippen molar-refractivity contribution in [3.05, 3.63) is 29.8 Å². The summed E-state index contributed by atoms with van der Waals surface area (Å²) >= 11 is 0. The lowest BCUT2D eigenvalue weighted by molar-refractivity contribution is 0.630. The third-order valence-corrected chi connectivity index (χ3v) is 3.14. The van der Waals surface area contributed by atoms with Crippen LogP contribution >= 0.6 is 0 Å². The van der Waals surface area contributed by atoms with E-state index in [-0.39, 0.29) is 0 Å². The maximum absolute atomic E-state index is 4.19. The Bertz CT molecular complexity index is 496. The van der Waals surface area contributed by atoms with Gasteiger partial charge >= 0.3 is 0 Å². The molecule has 1 unspecified atom stereocenters. The topological polar surface area (TPSA) is 55.6 Å². The fourth-order valence-corrected chi connectivity index (χ4v) is 2.23. The van der Waals surface area contributed by atoms with Crippen molar-refractivity contribution in [2.45, 2.75) is 18.9 Å². The van der Waals surface area contributed by atoms with E-state index in [2.05, 4.69) is 45.0 Å². The lowest BCUT2D eigenvalue weighted by Gasteiger charge is -2.10. The minimum Gasteiger partial charge on any atom is -0.310 e. The van der Waals surface area contributed by atoms with E-state index in [1.165, 1.54) is 23.2 Å². The van der Waals surface area contributed by atoms with Crippen LogP contribution in [0.2, 0.25) is 0 Å². The molecule has 0 bridgehead atoms. The van der Waals surface area contributed by atoms with E-state index < -0.39 is 0 Å². The number of nitrogens with zero attached hydrogens (tertiary/aromatic N) is 4. The summed E-state index contributed by atoms with van der Waals surface area (Å²) < 4.78 is 0. The lowest BCUT2D eigenvalue weighted by Crippen LogP contribution is -2.12. The Hall–Kier alpha value is -1.75. The maximum Gasteiger partial charge on any atom is 0.204 e. The van der Waals surface area contributed by atoms with Crippen molar-refractivity contribution in [3.8, 4) is 11.4 Å². The zero-order valence-corrected chi connectivity index (χ0v) is 9.80. The molecule has 0 radical (unpaired) electrons. The van der Waals surface area contributed by atoms with Crippen LogP contribution in [-0.4, -0.2) is 26.8 Å². The van der Waals surface area contributed by atoms with Crippen LogP contribution in [0, 0.1) is 0 Å². The van der Waals surface area contributed by atoms with Crippen molar-refractivity contribution in [1.29, 1.82) is 0 Å². The molecule has 0 amide bonds. The summed E-state index contributed by atoms with van der Waals surface area (Å²) in [6, 6.07) is 8.93. The highest BCUT2D eigenvalue weighted by atomic mass is 15.6. The van der Waals surface area contributed by atoms with Gasteiger partial charge in [0.05, 0.1) is 7.05 Å². The second-order valence-electron chi connectivity index (χ2n) is 4.37. The van der Waals surface area contributed by atoms with Crippen molar-refractivity contribution in [2.75, 3.05) is 6.54 Å². The molecule has 3 rings (SSSR count). The minimum atomic E-state index is 0.513. The van der Waals surface area contributed by atoms with Gasteiger partial charge in [-0.05, 0) is 30.2 Å². The van der Waals surface area contributed by atoms with Gasteiger partial charge in [0.25, 0.3) is 0 Å². The van der Waals surface area contributed by atoms with Crippen molar-refractivity contribution in [1.82, 2.24) is 25.5 Å². The van der Waals surface area contributed by atoms with Gasteiger partial charge in [0.15, 0.2) is 0 Å². The number of hydrogen-bond donors (Lipinski definition) is 1. The summed E-state index contributed by atoms with van der Waals surface area (Å²) in [5.41, 5.74) is 2.36. The molecule has 0 aliphatic carbocycles. The fraction of sp³-hybridized carbons (Fsp3) is 0.417. The number of aryl methyl sites for hydroxylation is 1. The summed E-state index contributed by atoms with van der Waals surface area (Å²) in [7, 11) is 1.77. The van der Waals surface area contributed by atoms with E-state index in [4.69, 9.17) is 0 Å². The minimum absolute atomic E-state index is 0.513. The van der Waals surface area contributed by atoms with Crippen LogP contribution in [0.15, 0.2) is 24.3 Å². The second kappa shape index (κ2) is 4.25. The number of aromatic nitrogens is 4. The van der Waals surface area contributed by atoms with Crippen molar-refractivity contribution in [3.63, 3.8) is 0 Å². The van der Waals surface area contributed by atoms with Crippen LogP contribution in [0.3, 0.4) is 0 Å². The molecule has 1 aromatic carbocycles. The highest BCUT2D eigenvalue weighted by Gasteiger charge is 2.16. The summed E-state index contributed by atoms with van der Waals surface area (Å²) in [5.74, 6) is 0.679. The molecule has 1 atom stereocenters. The molecule has 1 aliphatic heterocycles. The quantitative estimate of drug-likeness (QED) is 0.843. The summed E-state index contributed by atoms with van der Waals surface area (Å²) in [5, 5.41) is 15.5. The van der Waals surface area contributed by atoms with Crippen molar-refractivity contribution in [2.24, 2.45) is 7.05 Å². The van der Waals surface area contributed by atoms with E-state index in [1.807, 2.05) is 0 Å². The first-order valence-electron chi connectivity index (χ1n) is 5.90. The largest absolute Gasteiger partial charge is 0.310 e. The van der Waals surface area contributed by atoms with Gasteiger partial charge in [0, 0.05) is 11.6 Å². The third-order valence-electron chi connectivity index (χ3n) is 3.14. The van der Waals surface area contributed by atoms with E-state index in [0.29, 0.717) is 11.9 Å². The number of tetrazole rings is 1. The summed E-state index contributed by atoms with van der Waals surface area (Å²) in [4.78, 5) is 1.47. The van der Waals surface area contributed by atoms with Crippen LogP contribution in [0.25, 0.3) is 11.4 Å². The molecule has 88 valence electrons. The molecule has 1 fully saturated rings. The van der Waals surface area contributed by atoms with Crippen molar-refractivity contribution >= 4 is 0 Å². The van der Waals surface area contributed by atoms with Gasteiger partial charge in [-0.15, -0.1) is 10.2 Å². The smallest absolute Gasteiger partial charge is 0.204 e. The number of benzene rings is 1. The van der Waals surface area contributed by atoms with Crippen LogP contribution in [0.4, 0.5) is 0 Å². The van der Waals surface area contributed by atoms with Gasteiger partial charge in [-0.25, -0.2) is 0 Å². The summed E-state index contributed by atoms with van der Waals surface area (Å²) in [6.07, 6.45) is 2.49. The molecule has 1 saturated heterocycles. The van der Waals surface area contributed by atoms with E-state index in [0.717, 1.165) is 12.1 Å². The van der Waals surface area contributed by atoms with E-state index in [1.54, 1.807) is 7.05 Å². The lowest BCUT2D eigenvalue weighted by atomic mass is 10.0. The number of nitrogens with one attached hydrogen (secondary N) is 1. The molecule has 2 heterocycles. The van der Waals surface area contributed by atoms with Gasteiger partial charge in [0.1, 0.15) is 0 Å². The van der Waals surface area contributed by atoms with Crippen LogP contribution in [0.5, 0.6) is 0 Å². The molecule has 1 aromatic heterocycles. The van der Waals surface area contributed by atoms with Gasteiger partial charge in [-0.1, -0.05) is 24.3 Å². The van der Waals surface area contributed by atoms with Crippen LogP contribution in [-0.2, 0) is 7.05 Å².